The first kappa shape index (κ1) is 31.6. The van der Waals surface area contributed by atoms with Gasteiger partial charge in [-0.2, -0.15) is 0 Å². The largest absolute Gasteiger partial charge is 0.310 e. The molecule has 1 heterocycles. The molecule has 10 rings (SSSR count). The molecule has 0 saturated carbocycles. The van der Waals surface area contributed by atoms with Crippen LogP contribution in [0.25, 0.3) is 71.6 Å². The lowest BCUT2D eigenvalue weighted by molar-refractivity contribution is 1.19. The molecule has 0 radical (unpaired) electrons. The van der Waals surface area contributed by atoms with Crippen molar-refractivity contribution in [2.75, 3.05) is 4.90 Å². The molecule has 0 saturated heterocycles. The van der Waals surface area contributed by atoms with E-state index in [0.29, 0.717) is 0 Å². The molecule has 0 aliphatic heterocycles. The lowest BCUT2D eigenvalue weighted by Gasteiger charge is -2.28. The zero-order valence-corrected chi connectivity index (χ0v) is 29.7. The van der Waals surface area contributed by atoms with Gasteiger partial charge in [0.15, 0.2) is 0 Å². The number of hydrogen-bond acceptors (Lipinski definition) is 1. The van der Waals surface area contributed by atoms with E-state index < -0.39 is 0 Å². The van der Waals surface area contributed by atoms with E-state index in [2.05, 4.69) is 228 Å². The Morgan fingerprint density at radius 2 is 0.870 bits per heavy atom. The number of fused-ring (bicyclic) bond motifs is 5. The van der Waals surface area contributed by atoms with Crippen LogP contribution in [0.5, 0.6) is 0 Å². The third-order valence-electron chi connectivity index (χ3n) is 10.5. The average Bonchev–Trinajstić information content (AvgIpc) is 3.61. The number of rotatable bonds is 7. The molecule has 2 nitrogen and oxygen atoms in total. The lowest BCUT2D eigenvalue weighted by Crippen LogP contribution is -2.11. The number of hydrogen-bond donors (Lipinski definition) is 0. The van der Waals surface area contributed by atoms with E-state index in [9.17, 15) is 0 Å². The normalized spacial score (nSPS) is 11.3. The summed E-state index contributed by atoms with van der Waals surface area (Å²) in [5.41, 5.74) is 14.0. The summed E-state index contributed by atoms with van der Waals surface area (Å²) in [6, 6.07) is 78.9. The van der Waals surface area contributed by atoms with Gasteiger partial charge in [-0.05, 0) is 75.7 Å². The molecule has 1 aromatic heterocycles. The van der Waals surface area contributed by atoms with Crippen LogP contribution >= 0.6 is 0 Å². The Balaban J connectivity index is 1.33. The molecule has 2 heteroatoms. The highest BCUT2D eigenvalue weighted by Crippen LogP contribution is 2.49. The quantitative estimate of drug-likeness (QED) is 0.162. The summed E-state index contributed by atoms with van der Waals surface area (Å²) in [7, 11) is 0. The summed E-state index contributed by atoms with van der Waals surface area (Å²) >= 11 is 0. The van der Waals surface area contributed by atoms with Crippen LogP contribution in [0.1, 0.15) is 0 Å². The van der Waals surface area contributed by atoms with E-state index in [1.54, 1.807) is 0 Å². The van der Waals surface area contributed by atoms with E-state index >= 15 is 0 Å². The van der Waals surface area contributed by atoms with Crippen LogP contribution < -0.4 is 4.90 Å². The fourth-order valence-corrected chi connectivity index (χ4v) is 8.09. The highest BCUT2D eigenvalue weighted by molar-refractivity contribution is 6.26. The molecule has 0 spiro atoms. The van der Waals surface area contributed by atoms with Crippen molar-refractivity contribution in [1.29, 1.82) is 0 Å². The van der Waals surface area contributed by atoms with Crippen molar-refractivity contribution in [3.05, 3.63) is 218 Å². The van der Waals surface area contributed by atoms with Gasteiger partial charge < -0.3 is 9.47 Å². The van der Waals surface area contributed by atoms with E-state index in [1.807, 2.05) is 0 Å². The predicted octanol–water partition coefficient (Wildman–Crippen LogP) is 14.4. The fourth-order valence-electron chi connectivity index (χ4n) is 8.09. The Bertz CT molecular complexity index is 2890. The van der Waals surface area contributed by atoms with Gasteiger partial charge in [-0.3, -0.25) is 0 Å². The number of benzene rings is 9. The van der Waals surface area contributed by atoms with Crippen LogP contribution in [0, 0.1) is 0 Å². The van der Waals surface area contributed by atoms with Crippen LogP contribution in [0.2, 0.25) is 0 Å². The highest BCUT2D eigenvalue weighted by Gasteiger charge is 2.25. The first-order valence-corrected chi connectivity index (χ1v) is 18.5. The first-order valence-electron chi connectivity index (χ1n) is 18.5. The molecule has 10 aromatic rings. The summed E-state index contributed by atoms with van der Waals surface area (Å²) in [6.45, 7) is 0. The van der Waals surface area contributed by atoms with Gasteiger partial charge in [0.1, 0.15) is 0 Å². The van der Waals surface area contributed by atoms with Gasteiger partial charge in [0.25, 0.3) is 0 Å². The van der Waals surface area contributed by atoms with Gasteiger partial charge in [0.2, 0.25) is 0 Å². The smallest absolute Gasteiger partial charge is 0.0640 e. The Labute approximate surface area is 315 Å². The lowest BCUT2D eigenvalue weighted by atomic mass is 9.98. The minimum Gasteiger partial charge on any atom is -0.310 e. The Morgan fingerprint density at radius 1 is 0.333 bits per heavy atom. The summed E-state index contributed by atoms with van der Waals surface area (Å²) in [5, 5.41) is 4.82. The maximum atomic E-state index is 2.50. The van der Waals surface area contributed by atoms with Gasteiger partial charge >= 0.3 is 0 Å². The first-order chi connectivity index (χ1) is 26.8. The molecule has 0 N–H and O–H groups in total. The van der Waals surface area contributed by atoms with Gasteiger partial charge in [-0.1, -0.05) is 176 Å². The SMILES string of the molecule is c1ccc(-c2ccc(N(c3cccc(-c4ccccc4)c3)c3cc4ccccc4c4c3c3cccc(-c5ccccc5)c3n4-c3ccccc3)cc2)cc1. The van der Waals surface area contributed by atoms with Crippen molar-refractivity contribution in [1.82, 2.24) is 4.57 Å². The van der Waals surface area contributed by atoms with Crippen molar-refractivity contribution < 1.29 is 0 Å². The average molecular weight is 689 g/mol. The fraction of sp³-hybridized carbons (Fsp3) is 0. The van der Waals surface area contributed by atoms with E-state index in [4.69, 9.17) is 0 Å². The Kier molecular flexibility index (Phi) is 7.85. The molecule has 0 fully saturated rings. The second kappa shape index (κ2) is 13.4. The van der Waals surface area contributed by atoms with Crippen LogP contribution in [-0.4, -0.2) is 4.57 Å². The van der Waals surface area contributed by atoms with Gasteiger partial charge in [0.05, 0.1) is 16.7 Å². The summed E-state index contributed by atoms with van der Waals surface area (Å²) in [5.74, 6) is 0. The van der Waals surface area contributed by atoms with Crippen molar-refractivity contribution in [2.24, 2.45) is 0 Å². The maximum absolute atomic E-state index is 2.50. The van der Waals surface area contributed by atoms with Crippen LogP contribution in [-0.2, 0) is 0 Å². The number of para-hydroxylation sites is 2. The summed E-state index contributed by atoms with van der Waals surface area (Å²) in [6.07, 6.45) is 0. The molecular weight excluding hydrogens is 653 g/mol. The van der Waals surface area contributed by atoms with Gasteiger partial charge in [0, 0.05) is 38.8 Å². The van der Waals surface area contributed by atoms with E-state index in [0.717, 1.165) is 22.7 Å². The third-order valence-corrected chi connectivity index (χ3v) is 10.5. The van der Waals surface area contributed by atoms with Crippen molar-refractivity contribution in [3.8, 4) is 39.1 Å². The number of anilines is 3. The van der Waals surface area contributed by atoms with Gasteiger partial charge in [-0.25, -0.2) is 0 Å². The second-order valence-electron chi connectivity index (χ2n) is 13.7. The predicted molar refractivity (Wildman–Crippen MR) is 229 cm³/mol. The highest BCUT2D eigenvalue weighted by atomic mass is 15.1. The van der Waals surface area contributed by atoms with Crippen molar-refractivity contribution >= 4 is 49.6 Å². The minimum absolute atomic E-state index is 1.09. The molecule has 254 valence electrons. The molecule has 0 aliphatic carbocycles. The van der Waals surface area contributed by atoms with Crippen molar-refractivity contribution in [2.45, 2.75) is 0 Å². The maximum Gasteiger partial charge on any atom is 0.0640 e. The molecule has 54 heavy (non-hydrogen) atoms. The monoisotopic (exact) mass is 688 g/mol. The molecule has 0 amide bonds. The number of aromatic nitrogens is 1. The molecule has 0 unspecified atom stereocenters. The molecular formula is C52H36N2. The van der Waals surface area contributed by atoms with Crippen LogP contribution in [0.3, 0.4) is 0 Å². The standard InChI is InChI=1S/C52H36N2/c1-5-17-37(18-6-1)39-31-33-44(34-32-39)53(45-27-15-24-41(35-45)38-19-7-2-8-20-38)49-36-42-23-13-14-28-47(42)52-50(49)48-30-16-29-46(40-21-9-3-10-22-40)51(48)54(52)43-25-11-4-12-26-43/h1-36H. The summed E-state index contributed by atoms with van der Waals surface area (Å²) < 4.78 is 2.50. The minimum atomic E-state index is 1.09. The van der Waals surface area contributed by atoms with Crippen molar-refractivity contribution in [3.63, 3.8) is 0 Å². The molecule has 9 aromatic carbocycles. The number of nitrogens with zero attached hydrogens (tertiary/aromatic N) is 2. The molecule has 0 atom stereocenters. The Morgan fingerprint density at radius 3 is 1.57 bits per heavy atom. The zero-order valence-electron chi connectivity index (χ0n) is 29.7. The Hall–Kier alpha value is -7.16. The second-order valence-corrected chi connectivity index (χ2v) is 13.7. The summed E-state index contributed by atoms with van der Waals surface area (Å²) in [4.78, 5) is 2.46. The van der Waals surface area contributed by atoms with Gasteiger partial charge in [-0.15, -0.1) is 0 Å². The van der Waals surface area contributed by atoms with Crippen LogP contribution in [0.15, 0.2) is 218 Å². The topological polar surface area (TPSA) is 8.17 Å². The van der Waals surface area contributed by atoms with E-state index in [-0.39, 0.29) is 0 Å². The van der Waals surface area contributed by atoms with Crippen LogP contribution in [0.4, 0.5) is 17.1 Å². The zero-order chi connectivity index (χ0) is 35.8. The molecule has 0 aliphatic rings. The van der Waals surface area contributed by atoms with E-state index in [1.165, 1.54) is 66.0 Å². The molecule has 0 bridgehead atoms. The third kappa shape index (κ3) is 5.44.